The van der Waals surface area contributed by atoms with Gasteiger partial charge in [0.15, 0.2) is 9.84 Å². The van der Waals surface area contributed by atoms with Gasteiger partial charge in [-0.2, -0.15) is 0 Å². The number of hydrogen-bond acceptors (Lipinski definition) is 4. The largest absolute Gasteiger partial charge is 0.355 e. The van der Waals surface area contributed by atoms with E-state index in [1.54, 1.807) is 6.92 Å². The molecule has 0 aliphatic carbocycles. The molecule has 0 saturated carbocycles. The van der Waals surface area contributed by atoms with Crippen LogP contribution >= 0.6 is 0 Å². The third-order valence-corrected chi connectivity index (χ3v) is 3.42. The van der Waals surface area contributed by atoms with Crippen molar-refractivity contribution in [2.75, 3.05) is 19.3 Å². The quantitative estimate of drug-likeness (QED) is 0.793. The van der Waals surface area contributed by atoms with Crippen LogP contribution in [0.15, 0.2) is 29.2 Å². The topological polar surface area (TPSA) is 92.3 Å². The number of hydrogen-bond donors (Lipinski definition) is 2. The first-order valence-corrected chi connectivity index (χ1v) is 7.58. The highest BCUT2D eigenvalue weighted by Gasteiger charge is 2.12. The fraction of sp³-hybridized carbons (Fsp3) is 0.333. The van der Waals surface area contributed by atoms with Crippen molar-refractivity contribution in [3.8, 4) is 0 Å². The van der Waals surface area contributed by atoms with E-state index in [-0.39, 0.29) is 22.9 Å². The van der Waals surface area contributed by atoms with Gasteiger partial charge in [0.25, 0.3) is 5.91 Å². The summed E-state index contributed by atoms with van der Waals surface area (Å²) in [5, 5.41) is 4.95. The highest BCUT2D eigenvalue weighted by molar-refractivity contribution is 7.90. The minimum Gasteiger partial charge on any atom is -0.355 e. The van der Waals surface area contributed by atoms with Crippen molar-refractivity contribution in [2.24, 2.45) is 0 Å². The van der Waals surface area contributed by atoms with Gasteiger partial charge >= 0.3 is 0 Å². The molecule has 7 heteroatoms. The van der Waals surface area contributed by atoms with Gasteiger partial charge in [0.2, 0.25) is 5.91 Å². The predicted molar refractivity (Wildman–Crippen MR) is 70.6 cm³/mol. The Kier molecular flexibility index (Phi) is 5.05. The van der Waals surface area contributed by atoms with Gasteiger partial charge in [0, 0.05) is 18.4 Å². The molecule has 2 amide bonds. The summed E-state index contributed by atoms with van der Waals surface area (Å²) >= 11 is 0. The fourth-order valence-corrected chi connectivity index (χ4v) is 2.06. The second-order valence-electron chi connectivity index (χ2n) is 3.94. The molecular weight excluding hydrogens is 268 g/mol. The first-order valence-electron chi connectivity index (χ1n) is 5.69. The number of amides is 2. The summed E-state index contributed by atoms with van der Waals surface area (Å²) in [4.78, 5) is 23.0. The first-order chi connectivity index (χ1) is 8.84. The first kappa shape index (κ1) is 15.2. The normalized spacial score (nSPS) is 10.8. The average molecular weight is 284 g/mol. The lowest BCUT2D eigenvalue weighted by Gasteiger charge is -2.06. The molecule has 0 bridgehead atoms. The zero-order valence-corrected chi connectivity index (χ0v) is 11.6. The summed E-state index contributed by atoms with van der Waals surface area (Å²) in [5.74, 6) is -0.785. The Bertz CT molecular complexity index is 581. The van der Waals surface area contributed by atoms with Crippen molar-refractivity contribution < 1.29 is 18.0 Å². The molecular formula is C12H16N2O4S. The number of sulfone groups is 1. The molecule has 0 aliphatic heterocycles. The molecule has 1 aromatic carbocycles. The van der Waals surface area contributed by atoms with Gasteiger partial charge in [0.1, 0.15) is 0 Å². The van der Waals surface area contributed by atoms with Crippen molar-refractivity contribution in [3.63, 3.8) is 0 Å². The van der Waals surface area contributed by atoms with Crippen LogP contribution in [0, 0.1) is 0 Å². The fourth-order valence-electron chi connectivity index (χ4n) is 1.39. The minimum absolute atomic E-state index is 0.0677. The van der Waals surface area contributed by atoms with E-state index in [1.807, 2.05) is 0 Å². The smallest absolute Gasteiger partial charge is 0.251 e. The molecule has 6 nitrogen and oxygen atoms in total. The highest BCUT2D eigenvalue weighted by atomic mass is 32.2. The maximum atomic E-state index is 11.7. The van der Waals surface area contributed by atoms with Gasteiger partial charge in [-0.15, -0.1) is 0 Å². The molecule has 0 fully saturated rings. The molecule has 104 valence electrons. The van der Waals surface area contributed by atoms with Crippen LogP contribution in [-0.4, -0.2) is 39.6 Å². The van der Waals surface area contributed by atoms with E-state index in [0.29, 0.717) is 6.54 Å². The van der Waals surface area contributed by atoms with Gasteiger partial charge in [-0.1, -0.05) is 6.07 Å². The Morgan fingerprint density at radius 1 is 1.21 bits per heavy atom. The van der Waals surface area contributed by atoms with Gasteiger partial charge < -0.3 is 10.6 Å². The second-order valence-corrected chi connectivity index (χ2v) is 5.95. The lowest BCUT2D eigenvalue weighted by molar-refractivity contribution is -0.120. The lowest BCUT2D eigenvalue weighted by atomic mass is 10.2. The van der Waals surface area contributed by atoms with Crippen LogP contribution in [0.5, 0.6) is 0 Å². The molecule has 0 aliphatic rings. The Labute approximate surface area is 112 Å². The summed E-state index contributed by atoms with van der Waals surface area (Å²) in [6.07, 6.45) is 1.07. The van der Waals surface area contributed by atoms with E-state index in [9.17, 15) is 18.0 Å². The molecule has 0 spiro atoms. The molecule has 0 heterocycles. The summed E-state index contributed by atoms with van der Waals surface area (Å²) < 4.78 is 22.7. The molecule has 0 aromatic heterocycles. The van der Waals surface area contributed by atoms with E-state index >= 15 is 0 Å². The van der Waals surface area contributed by atoms with E-state index in [2.05, 4.69) is 10.6 Å². The molecule has 1 rings (SSSR count). The van der Waals surface area contributed by atoms with Gasteiger partial charge in [-0.3, -0.25) is 9.59 Å². The van der Waals surface area contributed by atoms with E-state index < -0.39 is 15.7 Å². The van der Waals surface area contributed by atoms with E-state index in [1.165, 1.54) is 24.3 Å². The summed E-state index contributed by atoms with van der Waals surface area (Å²) in [7, 11) is -3.36. The van der Waals surface area contributed by atoms with Crippen molar-refractivity contribution in [3.05, 3.63) is 29.8 Å². The molecule has 0 radical (unpaired) electrons. The number of benzene rings is 1. The molecule has 0 saturated heterocycles. The summed E-state index contributed by atoms with van der Waals surface area (Å²) in [6.45, 7) is 2.11. The van der Waals surface area contributed by atoms with Crippen molar-refractivity contribution in [2.45, 2.75) is 11.8 Å². The van der Waals surface area contributed by atoms with E-state index in [4.69, 9.17) is 0 Å². The zero-order chi connectivity index (χ0) is 14.5. The number of carbonyl (C=O) groups is 2. The van der Waals surface area contributed by atoms with Crippen LogP contribution in [0.3, 0.4) is 0 Å². The van der Waals surface area contributed by atoms with Crippen LogP contribution in [0.4, 0.5) is 0 Å². The predicted octanol–water partition coefficient (Wildman–Crippen LogP) is -0.0440. The maximum absolute atomic E-state index is 11.7. The van der Waals surface area contributed by atoms with Crippen LogP contribution in [0.25, 0.3) is 0 Å². The van der Waals surface area contributed by atoms with Crippen LogP contribution in [0.2, 0.25) is 0 Å². The van der Waals surface area contributed by atoms with Crippen LogP contribution in [0.1, 0.15) is 17.3 Å². The maximum Gasteiger partial charge on any atom is 0.251 e. The lowest BCUT2D eigenvalue weighted by Crippen LogP contribution is -2.36. The Hall–Kier alpha value is -1.89. The van der Waals surface area contributed by atoms with Gasteiger partial charge in [-0.25, -0.2) is 8.42 Å². The average Bonchev–Trinajstić information content (AvgIpc) is 2.35. The Balaban J connectivity index is 2.76. The number of rotatable bonds is 5. The Morgan fingerprint density at radius 3 is 2.47 bits per heavy atom. The van der Waals surface area contributed by atoms with Crippen LogP contribution in [-0.2, 0) is 14.6 Å². The second kappa shape index (κ2) is 6.33. The third kappa shape index (κ3) is 4.70. The molecule has 0 atom stereocenters. The number of carbonyl (C=O) groups excluding carboxylic acids is 2. The number of nitrogens with one attached hydrogen (secondary N) is 2. The zero-order valence-electron chi connectivity index (χ0n) is 10.8. The monoisotopic (exact) mass is 284 g/mol. The summed E-state index contributed by atoms with van der Waals surface area (Å²) in [5.41, 5.74) is 0.201. The highest BCUT2D eigenvalue weighted by Crippen LogP contribution is 2.11. The standard InChI is InChI=1S/C12H16N2O4S/c1-3-13-11(15)8-14-12(16)9-5-4-6-10(7-9)19(2,17)18/h4-7H,3,8H2,1-2H3,(H,13,15)(H,14,16). The van der Waals surface area contributed by atoms with E-state index in [0.717, 1.165) is 6.26 Å². The Morgan fingerprint density at radius 2 is 1.89 bits per heavy atom. The SMILES string of the molecule is CCNC(=O)CNC(=O)c1cccc(S(C)(=O)=O)c1. The van der Waals surface area contributed by atoms with Gasteiger partial charge in [-0.05, 0) is 25.1 Å². The molecule has 19 heavy (non-hydrogen) atoms. The molecule has 1 aromatic rings. The van der Waals surface area contributed by atoms with Gasteiger partial charge in [0.05, 0.1) is 11.4 Å². The molecule has 0 unspecified atom stereocenters. The summed E-state index contributed by atoms with van der Waals surface area (Å²) in [6, 6.07) is 5.66. The van der Waals surface area contributed by atoms with Crippen molar-refractivity contribution >= 4 is 21.7 Å². The third-order valence-electron chi connectivity index (χ3n) is 2.31. The minimum atomic E-state index is -3.36. The van der Waals surface area contributed by atoms with Crippen molar-refractivity contribution in [1.82, 2.24) is 10.6 Å². The van der Waals surface area contributed by atoms with Crippen molar-refractivity contribution in [1.29, 1.82) is 0 Å². The molecule has 2 N–H and O–H groups in total. The van der Waals surface area contributed by atoms with Crippen LogP contribution < -0.4 is 10.6 Å². The number of likely N-dealkylation sites (N-methyl/N-ethyl adjacent to an activating group) is 1.